The highest BCUT2D eigenvalue weighted by molar-refractivity contribution is 9.10. The lowest BCUT2D eigenvalue weighted by Crippen LogP contribution is -2.04. The summed E-state index contributed by atoms with van der Waals surface area (Å²) in [5.74, 6) is 2.78. The molecule has 1 saturated carbocycles. The van der Waals surface area contributed by atoms with Crippen molar-refractivity contribution in [3.05, 3.63) is 82.4 Å². The molecule has 2 bridgehead atoms. The Morgan fingerprint density at radius 2 is 1.83 bits per heavy atom. The summed E-state index contributed by atoms with van der Waals surface area (Å²) in [6.07, 6.45) is 11.8. The van der Waals surface area contributed by atoms with Crippen molar-refractivity contribution in [1.29, 1.82) is 0 Å². The highest BCUT2D eigenvalue weighted by Crippen LogP contribution is 2.44. The average molecular weight is 455 g/mol. The van der Waals surface area contributed by atoms with Crippen LogP contribution in [0.2, 0.25) is 0 Å². The molecule has 0 amide bonds. The van der Waals surface area contributed by atoms with Crippen LogP contribution in [0.1, 0.15) is 37.3 Å². The van der Waals surface area contributed by atoms with Gasteiger partial charge in [0.2, 0.25) is 0 Å². The molecule has 3 unspecified atom stereocenters. The Labute approximate surface area is 181 Å². The molecule has 4 rings (SSSR count). The van der Waals surface area contributed by atoms with Crippen LogP contribution in [0.5, 0.6) is 5.75 Å². The Morgan fingerprint density at radius 3 is 2.34 bits per heavy atom. The van der Waals surface area contributed by atoms with Crippen molar-refractivity contribution in [3.63, 3.8) is 0 Å². The first-order chi connectivity index (χ1) is 14.0. The number of ether oxygens (including phenoxy) is 1. The van der Waals surface area contributed by atoms with Crippen molar-refractivity contribution in [2.75, 3.05) is 0 Å². The Kier molecular flexibility index (Phi) is 7.70. The summed E-state index contributed by atoms with van der Waals surface area (Å²) in [5.41, 5.74) is 1.91. The van der Waals surface area contributed by atoms with Gasteiger partial charge in [0.25, 0.3) is 0 Å². The Bertz CT molecular complexity index is 853. The van der Waals surface area contributed by atoms with Crippen LogP contribution in [0.3, 0.4) is 0 Å². The fraction of sp³-hybridized carbons (Fsp3) is 0.320. The molecule has 2 aromatic rings. The molecule has 1 N–H and O–H groups in total. The fourth-order valence-electron chi connectivity index (χ4n) is 3.95. The number of fused-ring (bicyclic) bond motifs is 2. The van der Waals surface area contributed by atoms with Gasteiger partial charge in [-0.15, -0.1) is 0 Å². The van der Waals surface area contributed by atoms with E-state index in [4.69, 9.17) is 9.84 Å². The molecule has 152 valence electrons. The summed E-state index contributed by atoms with van der Waals surface area (Å²) in [6, 6.07) is 15.2. The van der Waals surface area contributed by atoms with Gasteiger partial charge >= 0.3 is 5.97 Å². The second-order valence-electron chi connectivity index (χ2n) is 7.60. The van der Waals surface area contributed by atoms with E-state index in [0.29, 0.717) is 6.61 Å². The van der Waals surface area contributed by atoms with Crippen molar-refractivity contribution in [1.82, 2.24) is 0 Å². The number of rotatable bonds is 6. The maximum atomic E-state index is 10.4. The highest BCUT2D eigenvalue weighted by atomic mass is 79.9. The Balaban J connectivity index is 0.000000220. The zero-order chi connectivity index (χ0) is 20.6. The second kappa shape index (κ2) is 10.4. The van der Waals surface area contributed by atoms with Crippen LogP contribution in [-0.2, 0) is 11.4 Å². The zero-order valence-electron chi connectivity index (χ0n) is 16.6. The minimum absolute atomic E-state index is 0.498. The minimum Gasteiger partial charge on any atom is -0.489 e. The lowest BCUT2D eigenvalue weighted by Gasteiger charge is -2.14. The van der Waals surface area contributed by atoms with Crippen molar-refractivity contribution >= 4 is 28.0 Å². The third-order valence-electron chi connectivity index (χ3n) is 5.56. The molecule has 0 saturated heterocycles. The molecule has 0 heterocycles. The van der Waals surface area contributed by atoms with Crippen LogP contribution >= 0.6 is 15.9 Å². The maximum absolute atomic E-state index is 10.4. The van der Waals surface area contributed by atoms with E-state index in [1.165, 1.54) is 19.3 Å². The van der Waals surface area contributed by atoms with Crippen LogP contribution < -0.4 is 4.74 Å². The quantitative estimate of drug-likeness (QED) is 0.388. The van der Waals surface area contributed by atoms with E-state index in [1.807, 2.05) is 48.5 Å². The van der Waals surface area contributed by atoms with Gasteiger partial charge in [-0.05, 0) is 72.1 Å². The number of hydrogen-bond acceptors (Lipinski definition) is 2. The summed E-state index contributed by atoms with van der Waals surface area (Å²) < 4.78 is 6.69. The minimum atomic E-state index is -0.958. The monoisotopic (exact) mass is 454 g/mol. The Hall–Kier alpha value is -2.33. The number of carboxylic acids is 1. The lowest BCUT2D eigenvalue weighted by atomic mass is 9.91. The van der Waals surface area contributed by atoms with Crippen LogP contribution in [0.25, 0.3) is 6.08 Å². The van der Waals surface area contributed by atoms with Gasteiger partial charge in [0.05, 0.1) is 0 Å². The summed E-state index contributed by atoms with van der Waals surface area (Å²) in [7, 11) is 0. The van der Waals surface area contributed by atoms with Gasteiger partial charge in [0.15, 0.2) is 0 Å². The van der Waals surface area contributed by atoms with Gasteiger partial charge < -0.3 is 9.84 Å². The zero-order valence-corrected chi connectivity index (χ0v) is 18.2. The molecule has 2 aromatic carbocycles. The lowest BCUT2D eigenvalue weighted by molar-refractivity contribution is -0.131. The second-order valence-corrected chi connectivity index (χ2v) is 8.52. The number of allylic oxidation sites excluding steroid dienone is 2. The number of benzene rings is 2. The predicted octanol–water partition coefficient (Wildman–Crippen LogP) is 6.73. The molecule has 0 aromatic heterocycles. The van der Waals surface area contributed by atoms with Crippen LogP contribution in [0.4, 0.5) is 0 Å². The van der Waals surface area contributed by atoms with Crippen molar-refractivity contribution in [3.8, 4) is 5.75 Å². The van der Waals surface area contributed by atoms with Gasteiger partial charge in [-0.1, -0.05) is 65.7 Å². The topological polar surface area (TPSA) is 46.5 Å². The third kappa shape index (κ3) is 6.60. The largest absolute Gasteiger partial charge is 0.489 e. The normalized spacial score (nSPS) is 21.8. The van der Waals surface area contributed by atoms with Crippen molar-refractivity contribution in [2.24, 2.45) is 17.8 Å². The highest BCUT2D eigenvalue weighted by Gasteiger charge is 2.33. The summed E-state index contributed by atoms with van der Waals surface area (Å²) in [6.45, 7) is 2.82. The van der Waals surface area contributed by atoms with Gasteiger partial charge in [0, 0.05) is 10.5 Å². The number of carboxylic acid groups (broad SMARTS) is 1. The van der Waals surface area contributed by atoms with E-state index < -0.39 is 5.97 Å². The molecule has 0 aliphatic heterocycles. The van der Waals surface area contributed by atoms with Crippen molar-refractivity contribution < 1.29 is 14.6 Å². The number of carbonyl (C=O) groups is 1. The third-order valence-corrected chi connectivity index (χ3v) is 6.09. The van der Waals surface area contributed by atoms with Gasteiger partial charge in [-0.2, -0.15) is 0 Å². The molecule has 0 spiro atoms. The molecule has 0 radical (unpaired) electrons. The van der Waals surface area contributed by atoms with Gasteiger partial charge in [0.1, 0.15) is 12.4 Å². The summed E-state index contributed by atoms with van der Waals surface area (Å²) >= 11 is 3.39. The van der Waals surface area contributed by atoms with Crippen LogP contribution in [-0.4, -0.2) is 11.1 Å². The average Bonchev–Trinajstić information content (AvgIpc) is 3.36. The summed E-state index contributed by atoms with van der Waals surface area (Å²) in [5, 5.41) is 8.54. The number of hydrogen-bond donors (Lipinski definition) is 1. The van der Waals surface area contributed by atoms with E-state index >= 15 is 0 Å². The smallest absolute Gasteiger partial charge is 0.328 e. The predicted molar refractivity (Wildman–Crippen MR) is 121 cm³/mol. The van der Waals surface area contributed by atoms with E-state index in [2.05, 4.69) is 35.0 Å². The van der Waals surface area contributed by atoms with Gasteiger partial charge in [-0.3, -0.25) is 0 Å². The molecule has 29 heavy (non-hydrogen) atoms. The molecular formula is C25H27BrO3. The first-order valence-electron chi connectivity index (χ1n) is 10.1. The molecule has 2 aliphatic carbocycles. The molecule has 3 nitrogen and oxygen atoms in total. The SMILES string of the molecule is CCC1CC2C=CC1C2.O=C(O)C=Cc1ccc(OCc2ccc(Br)cc2)cc1. The first-order valence-corrected chi connectivity index (χ1v) is 10.9. The fourth-order valence-corrected chi connectivity index (χ4v) is 4.22. The number of halogens is 1. The van der Waals surface area contributed by atoms with E-state index in [1.54, 1.807) is 6.08 Å². The van der Waals surface area contributed by atoms with Crippen LogP contribution in [0, 0.1) is 17.8 Å². The Morgan fingerprint density at radius 1 is 1.10 bits per heavy atom. The van der Waals surface area contributed by atoms with Crippen LogP contribution in [0.15, 0.2) is 71.2 Å². The molecular weight excluding hydrogens is 428 g/mol. The molecule has 1 fully saturated rings. The van der Waals surface area contributed by atoms with E-state index in [-0.39, 0.29) is 0 Å². The van der Waals surface area contributed by atoms with Gasteiger partial charge in [-0.25, -0.2) is 4.79 Å². The van der Waals surface area contributed by atoms with E-state index in [0.717, 1.165) is 45.2 Å². The molecule has 2 aliphatic rings. The van der Waals surface area contributed by atoms with E-state index in [9.17, 15) is 4.79 Å². The molecule has 4 heteroatoms. The maximum Gasteiger partial charge on any atom is 0.328 e. The van der Waals surface area contributed by atoms with Crippen molar-refractivity contribution in [2.45, 2.75) is 32.8 Å². The molecule has 3 atom stereocenters. The first kappa shape index (κ1) is 21.4. The summed E-state index contributed by atoms with van der Waals surface area (Å²) in [4.78, 5) is 10.4. The standard InChI is InChI=1S/C16H13BrO3.C9H14/c17-14-6-1-13(2-7-14)11-20-15-8-3-12(4-9-15)5-10-16(18)19;1-2-8-5-7-3-4-9(8)6-7/h1-10H,11H2,(H,18,19);3-4,7-9H,2,5-6H2,1H3. The number of aliphatic carboxylic acids is 1.